The fourth-order valence-corrected chi connectivity index (χ4v) is 9.12. The molecule has 2 aliphatic rings. The lowest BCUT2D eigenvalue weighted by Crippen LogP contribution is -2.16. The van der Waals surface area contributed by atoms with Gasteiger partial charge < -0.3 is 9.32 Å². The van der Waals surface area contributed by atoms with E-state index in [2.05, 4.69) is 189 Å². The van der Waals surface area contributed by atoms with E-state index in [-0.39, 0.29) is 5.41 Å². The molecule has 9 aromatic rings. The van der Waals surface area contributed by atoms with Crippen LogP contribution in [0.1, 0.15) is 25.0 Å². The Balaban J connectivity index is 1.17. The molecule has 0 saturated carbocycles. The fourth-order valence-electron chi connectivity index (χ4n) is 9.12. The van der Waals surface area contributed by atoms with Gasteiger partial charge in [-0.25, -0.2) is 0 Å². The van der Waals surface area contributed by atoms with E-state index < -0.39 is 0 Å². The first-order valence-electron chi connectivity index (χ1n) is 18.4. The van der Waals surface area contributed by atoms with Crippen molar-refractivity contribution in [1.82, 2.24) is 0 Å². The molecule has 11 rings (SSSR count). The number of nitrogens with zero attached hydrogens (tertiary/aromatic N) is 1. The third-order valence-electron chi connectivity index (χ3n) is 11.6. The van der Waals surface area contributed by atoms with Crippen LogP contribution in [0.3, 0.4) is 0 Å². The minimum absolute atomic E-state index is 0.127. The maximum absolute atomic E-state index is 6.48. The molecule has 0 aliphatic heterocycles. The van der Waals surface area contributed by atoms with Crippen LogP contribution in [0.25, 0.3) is 77.6 Å². The van der Waals surface area contributed by atoms with Gasteiger partial charge in [-0.05, 0) is 109 Å². The lowest BCUT2D eigenvalue weighted by molar-refractivity contribution is 0.660. The van der Waals surface area contributed by atoms with Crippen LogP contribution in [-0.4, -0.2) is 0 Å². The number of benzene rings is 8. The fraction of sp³-hybridized carbons (Fsp3) is 0.0588. The number of anilines is 3. The summed E-state index contributed by atoms with van der Waals surface area (Å²) in [6.07, 6.45) is 0. The van der Waals surface area contributed by atoms with E-state index in [1.54, 1.807) is 0 Å². The average Bonchev–Trinajstić information content (AvgIpc) is 3.69. The second-order valence-corrected chi connectivity index (χ2v) is 14.9. The van der Waals surface area contributed by atoms with Gasteiger partial charge >= 0.3 is 0 Å². The standard InChI is InChI=1S/C51H35NO/c1-51(2)47-21-11-9-19-42(47)43-27-24-33(30-48(43)51)52(34-25-28-45-44-20-10-12-22-49(44)53-50(45)31-34)32-23-26-41-39-17-6-5-15-37(39)35-13-3-4-14-36(35)38-16-7-8-18-40(38)46(41)29-32/h3-31H,1-2H3. The van der Waals surface area contributed by atoms with Crippen LogP contribution in [-0.2, 0) is 5.41 Å². The van der Waals surface area contributed by atoms with Gasteiger partial charge in [-0.3, -0.25) is 0 Å². The summed E-state index contributed by atoms with van der Waals surface area (Å²) in [5, 5.41) is 2.26. The zero-order valence-corrected chi connectivity index (χ0v) is 29.6. The van der Waals surface area contributed by atoms with E-state index in [1.165, 1.54) is 66.8 Å². The molecule has 250 valence electrons. The zero-order valence-electron chi connectivity index (χ0n) is 29.6. The normalized spacial score (nSPS) is 13.2. The van der Waals surface area contributed by atoms with Gasteiger partial charge in [0.05, 0.1) is 0 Å². The van der Waals surface area contributed by atoms with Gasteiger partial charge in [0.25, 0.3) is 0 Å². The van der Waals surface area contributed by atoms with E-state index in [0.717, 1.165) is 39.0 Å². The van der Waals surface area contributed by atoms with Crippen molar-refractivity contribution in [3.63, 3.8) is 0 Å². The summed E-state index contributed by atoms with van der Waals surface area (Å²) in [5.74, 6) is 0. The third-order valence-corrected chi connectivity index (χ3v) is 11.6. The zero-order chi connectivity index (χ0) is 35.3. The first-order chi connectivity index (χ1) is 26.0. The molecule has 0 saturated heterocycles. The van der Waals surface area contributed by atoms with E-state index in [1.807, 2.05) is 6.07 Å². The topological polar surface area (TPSA) is 16.4 Å². The first kappa shape index (κ1) is 30.0. The Morgan fingerprint density at radius 1 is 0.340 bits per heavy atom. The summed E-state index contributed by atoms with van der Waals surface area (Å²) in [7, 11) is 0. The number of hydrogen-bond donors (Lipinski definition) is 0. The average molecular weight is 678 g/mol. The van der Waals surface area contributed by atoms with E-state index in [4.69, 9.17) is 4.42 Å². The van der Waals surface area contributed by atoms with Crippen LogP contribution >= 0.6 is 0 Å². The van der Waals surface area contributed by atoms with Gasteiger partial charge in [-0.15, -0.1) is 0 Å². The molecule has 8 aromatic carbocycles. The molecule has 2 heteroatoms. The summed E-state index contributed by atoms with van der Waals surface area (Å²) in [5.41, 5.74) is 20.2. The van der Waals surface area contributed by atoms with Crippen LogP contribution in [0.5, 0.6) is 0 Å². The Hall–Kier alpha value is -6.64. The number of furan rings is 1. The molecule has 0 amide bonds. The Kier molecular flexibility index (Phi) is 6.33. The van der Waals surface area contributed by atoms with Gasteiger partial charge in [-0.2, -0.15) is 0 Å². The van der Waals surface area contributed by atoms with Crippen LogP contribution in [0.4, 0.5) is 17.1 Å². The highest BCUT2D eigenvalue weighted by molar-refractivity contribution is 6.07. The molecule has 2 nitrogen and oxygen atoms in total. The molecule has 1 heterocycles. The monoisotopic (exact) mass is 677 g/mol. The highest BCUT2D eigenvalue weighted by atomic mass is 16.3. The molecule has 0 spiro atoms. The number of para-hydroxylation sites is 1. The molecular weight excluding hydrogens is 643 g/mol. The van der Waals surface area contributed by atoms with Crippen LogP contribution in [0, 0.1) is 0 Å². The first-order valence-corrected chi connectivity index (χ1v) is 18.4. The summed E-state index contributed by atoms with van der Waals surface area (Å²) in [6.45, 7) is 4.70. The Morgan fingerprint density at radius 3 is 1.43 bits per heavy atom. The predicted octanol–water partition coefficient (Wildman–Crippen LogP) is 14.3. The lowest BCUT2D eigenvalue weighted by Gasteiger charge is -2.30. The molecular formula is C51H35NO. The second-order valence-electron chi connectivity index (χ2n) is 14.9. The quantitative estimate of drug-likeness (QED) is 0.185. The maximum Gasteiger partial charge on any atom is 0.137 e. The highest BCUT2D eigenvalue weighted by Crippen LogP contribution is 2.52. The molecule has 0 unspecified atom stereocenters. The van der Waals surface area contributed by atoms with Crippen molar-refractivity contribution in [2.45, 2.75) is 19.3 Å². The molecule has 0 fully saturated rings. The molecule has 0 N–H and O–H groups in total. The van der Waals surface area contributed by atoms with Crippen LogP contribution < -0.4 is 4.90 Å². The van der Waals surface area contributed by atoms with E-state index in [9.17, 15) is 0 Å². The van der Waals surface area contributed by atoms with Crippen molar-refractivity contribution in [3.05, 3.63) is 187 Å². The Labute approximate surface area is 309 Å². The summed E-state index contributed by atoms with van der Waals surface area (Å²) in [4.78, 5) is 2.41. The molecule has 2 aliphatic carbocycles. The number of fused-ring (bicyclic) bond motifs is 14. The summed E-state index contributed by atoms with van der Waals surface area (Å²) in [6, 6.07) is 64.4. The van der Waals surface area contributed by atoms with E-state index >= 15 is 0 Å². The van der Waals surface area contributed by atoms with Gasteiger partial charge in [-0.1, -0.05) is 141 Å². The largest absolute Gasteiger partial charge is 0.456 e. The third kappa shape index (κ3) is 4.39. The molecule has 0 radical (unpaired) electrons. The lowest BCUT2D eigenvalue weighted by atomic mass is 9.80. The van der Waals surface area contributed by atoms with Gasteiger partial charge in [0.1, 0.15) is 11.2 Å². The SMILES string of the molecule is CC1(C)c2ccccc2-c2ccc(N(c3ccc4c(c3)-c3ccccc3-c3ccccc3-c3ccccc3-4)c3ccc4c(c3)oc3ccccc34)cc21. The molecule has 0 atom stereocenters. The van der Waals surface area contributed by atoms with Crippen molar-refractivity contribution in [1.29, 1.82) is 0 Å². The summed E-state index contributed by atoms with van der Waals surface area (Å²) >= 11 is 0. The number of hydrogen-bond acceptors (Lipinski definition) is 2. The van der Waals surface area contributed by atoms with Gasteiger partial charge in [0.2, 0.25) is 0 Å². The van der Waals surface area contributed by atoms with Crippen molar-refractivity contribution < 1.29 is 4.42 Å². The van der Waals surface area contributed by atoms with Crippen molar-refractivity contribution in [2.75, 3.05) is 4.90 Å². The predicted molar refractivity (Wildman–Crippen MR) is 221 cm³/mol. The minimum atomic E-state index is -0.127. The van der Waals surface area contributed by atoms with Gasteiger partial charge in [0, 0.05) is 39.3 Å². The van der Waals surface area contributed by atoms with E-state index in [0.29, 0.717) is 0 Å². The maximum atomic E-state index is 6.48. The van der Waals surface area contributed by atoms with Crippen molar-refractivity contribution >= 4 is 39.0 Å². The minimum Gasteiger partial charge on any atom is -0.456 e. The second kappa shape index (κ2) is 11.2. The van der Waals surface area contributed by atoms with Crippen molar-refractivity contribution in [2.24, 2.45) is 0 Å². The molecule has 0 bridgehead atoms. The highest BCUT2D eigenvalue weighted by Gasteiger charge is 2.36. The Bertz CT molecular complexity index is 2940. The number of rotatable bonds is 3. The molecule has 53 heavy (non-hydrogen) atoms. The Morgan fingerprint density at radius 2 is 0.774 bits per heavy atom. The summed E-state index contributed by atoms with van der Waals surface area (Å²) < 4.78 is 6.48. The van der Waals surface area contributed by atoms with Crippen LogP contribution in [0.2, 0.25) is 0 Å². The smallest absolute Gasteiger partial charge is 0.137 e. The van der Waals surface area contributed by atoms with Crippen LogP contribution in [0.15, 0.2) is 180 Å². The van der Waals surface area contributed by atoms with Gasteiger partial charge in [0.15, 0.2) is 0 Å². The molecule has 1 aromatic heterocycles. The van der Waals surface area contributed by atoms with Crippen molar-refractivity contribution in [3.8, 4) is 55.6 Å².